The molecule has 1 aromatic carbocycles. The standard InChI is InChI=1S/C13H16Br2N2O/c1-16-12-3-2-4-17(8-12)13(18)9-5-10(14)7-11(15)6-9/h5-7,12,16H,2-4,8H2,1H3. The van der Waals surface area contributed by atoms with Gasteiger partial charge in [0.15, 0.2) is 0 Å². The summed E-state index contributed by atoms with van der Waals surface area (Å²) in [5, 5.41) is 3.25. The smallest absolute Gasteiger partial charge is 0.253 e. The van der Waals surface area contributed by atoms with Crippen molar-refractivity contribution in [1.29, 1.82) is 0 Å². The molecule has 1 aromatic rings. The van der Waals surface area contributed by atoms with Crippen LogP contribution in [0.3, 0.4) is 0 Å². The van der Waals surface area contributed by atoms with Gasteiger partial charge in [-0.1, -0.05) is 31.9 Å². The van der Waals surface area contributed by atoms with Gasteiger partial charge in [-0.3, -0.25) is 4.79 Å². The molecule has 1 heterocycles. The highest BCUT2D eigenvalue weighted by Gasteiger charge is 2.23. The minimum atomic E-state index is 0.108. The zero-order chi connectivity index (χ0) is 13.1. The molecule has 0 aromatic heterocycles. The molecule has 98 valence electrons. The van der Waals surface area contributed by atoms with Crippen LogP contribution in [0.25, 0.3) is 0 Å². The van der Waals surface area contributed by atoms with Crippen LogP contribution in [0.2, 0.25) is 0 Å². The third-order valence-electron chi connectivity index (χ3n) is 3.23. The number of nitrogens with zero attached hydrogens (tertiary/aromatic N) is 1. The van der Waals surface area contributed by atoms with Gasteiger partial charge in [-0.2, -0.15) is 0 Å². The van der Waals surface area contributed by atoms with E-state index in [1.807, 2.05) is 30.1 Å². The van der Waals surface area contributed by atoms with Crippen molar-refractivity contribution in [2.45, 2.75) is 18.9 Å². The number of halogens is 2. The molecule has 0 saturated carbocycles. The van der Waals surface area contributed by atoms with Gasteiger partial charge in [0.1, 0.15) is 0 Å². The van der Waals surface area contributed by atoms with Gasteiger partial charge in [-0.25, -0.2) is 0 Å². The second-order valence-corrected chi connectivity index (χ2v) is 6.37. The molecule has 1 saturated heterocycles. The van der Waals surface area contributed by atoms with Crippen LogP contribution >= 0.6 is 31.9 Å². The molecule has 1 N–H and O–H groups in total. The maximum Gasteiger partial charge on any atom is 0.253 e. The van der Waals surface area contributed by atoms with Crippen LogP contribution in [0.5, 0.6) is 0 Å². The molecular weight excluding hydrogens is 360 g/mol. The van der Waals surface area contributed by atoms with Crippen LogP contribution in [-0.2, 0) is 0 Å². The highest BCUT2D eigenvalue weighted by molar-refractivity contribution is 9.11. The van der Waals surface area contributed by atoms with Crippen LogP contribution in [0.1, 0.15) is 23.2 Å². The Morgan fingerprint density at radius 3 is 2.61 bits per heavy atom. The Bertz CT molecular complexity index is 430. The summed E-state index contributed by atoms with van der Waals surface area (Å²) in [6.07, 6.45) is 2.20. The zero-order valence-corrected chi connectivity index (χ0v) is 13.4. The van der Waals surface area contributed by atoms with E-state index in [2.05, 4.69) is 37.2 Å². The van der Waals surface area contributed by atoms with Gasteiger partial charge in [0, 0.05) is 33.6 Å². The summed E-state index contributed by atoms with van der Waals surface area (Å²) in [6.45, 7) is 1.64. The molecule has 1 aliphatic rings. The Balaban J connectivity index is 2.15. The summed E-state index contributed by atoms with van der Waals surface area (Å²) >= 11 is 6.84. The topological polar surface area (TPSA) is 32.3 Å². The first kappa shape index (κ1) is 14.0. The first-order chi connectivity index (χ1) is 8.60. The van der Waals surface area contributed by atoms with E-state index in [0.29, 0.717) is 6.04 Å². The second kappa shape index (κ2) is 6.17. The summed E-state index contributed by atoms with van der Waals surface area (Å²) in [5.41, 5.74) is 0.730. The van der Waals surface area contributed by atoms with Crippen molar-refractivity contribution >= 4 is 37.8 Å². The molecule has 3 nitrogen and oxygen atoms in total. The van der Waals surface area contributed by atoms with Crippen molar-refractivity contribution in [3.63, 3.8) is 0 Å². The molecule has 1 unspecified atom stereocenters. The largest absolute Gasteiger partial charge is 0.337 e. The predicted molar refractivity (Wildman–Crippen MR) is 79.8 cm³/mol. The van der Waals surface area contributed by atoms with E-state index in [1.165, 1.54) is 0 Å². The van der Waals surface area contributed by atoms with Crippen molar-refractivity contribution in [2.75, 3.05) is 20.1 Å². The SMILES string of the molecule is CNC1CCCN(C(=O)c2cc(Br)cc(Br)c2)C1. The number of rotatable bonds is 2. The van der Waals surface area contributed by atoms with Gasteiger partial charge in [0.25, 0.3) is 5.91 Å². The number of carbonyl (C=O) groups excluding carboxylic acids is 1. The highest BCUT2D eigenvalue weighted by atomic mass is 79.9. The molecular formula is C13H16Br2N2O. The fourth-order valence-corrected chi connectivity index (χ4v) is 3.55. The third-order valence-corrected chi connectivity index (χ3v) is 4.14. The van der Waals surface area contributed by atoms with Crippen LogP contribution in [0.4, 0.5) is 0 Å². The zero-order valence-electron chi connectivity index (χ0n) is 10.2. The van der Waals surface area contributed by atoms with Gasteiger partial charge in [-0.15, -0.1) is 0 Å². The first-order valence-corrected chi connectivity index (χ1v) is 7.61. The minimum Gasteiger partial charge on any atom is -0.337 e. The lowest BCUT2D eigenvalue weighted by atomic mass is 10.0. The van der Waals surface area contributed by atoms with Gasteiger partial charge in [0.05, 0.1) is 0 Å². The van der Waals surface area contributed by atoms with Crippen molar-refractivity contribution in [1.82, 2.24) is 10.2 Å². The first-order valence-electron chi connectivity index (χ1n) is 6.03. The van der Waals surface area contributed by atoms with E-state index >= 15 is 0 Å². The number of hydrogen-bond acceptors (Lipinski definition) is 2. The summed E-state index contributed by atoms with van der Waals surface area (Å²) in [6, 6.07) is 6.09. The molecule has 1 fully saturated rings. The van der Waals surface area contributed by atoms with E-state index in [4.69, 9.17) is 0 Å². The van der Waals surface area contributed by atoms with Crippen molar-refractivity contribution in [3.8, 4) is 0 Å². The summed E-state index contributed by atoms with van der Waals surface area (Å²) in [7, 11) is 1.95. The Hall–Kier alpha value is -0.390. The van der Waals surface area contributed by atoms with Crippen LogP contribution in [0.15, 0.2) is 27.1 Å². The molecule has 1 amide bonds. The molecule has 0 radical (unpaired) electrons. The fourth-order valence-electron chi connectivity index (χ4n) is 2.26. The molecule has 0 spiro atoms. The summed E-state index contributed by atoms with van der Waals surface area (Å²) in [4.78, 5) is 14.4. The summed E-state index contributed by atoms with van der Waals surface area (Å²) in [5.74, 6) is 0.108. The summed E-state index contributed by atoms with van der Waals surface area (Å²) < 4.78 is 1.84. The van der Waals surface area contributed by atoms with Gasteiger partial charge in [0.2, 0.25) is 0 Å². The third kappa shape index (κ3) is 3.33. The highest BCUT2D eigenvalue weighted by Crippen LogP contribution is 2.22. The minimum absolute atomic E-state index is 0.108. The number of likely N-dealkylation sites (tertiary alicyclic amines) is 1. The van der Waals surface area contributed by atoms with Crippen molar-refractivity contribution in [2.24, 2.45) is 0 Å². The molecule has 1 atom stereocenters. The van der Waals surface area contributed by atoms with E-state index in [9.17, 15) is 4.79 Å². The second-order valence-electron chi connectivity index (χ2n) is 4.54. The van der Waals surface area contributed by atoms with E-state index in [1.54, 1.807) is 0 Å². The average Bonchev–Trinajstić information content (AvgIpc) is 2.37. The molecule has 0 aliphatic carbocycles. The van der Waals surface area contributed by atoms with Gasteiger partial charge >= 0.3 is 0 Å². The average molecular weight is 376 g/mol. The Morgan fingerprint density at radius 2 is 2.00 bits per heavy atom. The van der Waals surface area contributed by atoms with Crippen molar-refractivity contribution in [3.05, 3.63) is 32.7 Å². The van der Waals surface area contributed by atoms with Crippen LogP contribution in [0, 0.1) is 0 Å². The maximum absolute atomic E-state index is 12.4. The monoisotopic (exact) mass is 374 g/mol. The van der Waals surface area contributed by atoms with Gasteiger partial charge < -0.3 is 10.2 Å². The molecule has 1 aliphatic heterocycles. The predicted octanol–water partition coefficient (Wildman–Crippen LogP) is 3.04. The maximum atomic E-state index is 12.4. The van der Waals surface area contributed by atoms with Crippen molar-refractivity contribution < 1.29 is 4.79 Å². The number of piperidine rings is 1. The molecule has 18 heavy (non-hydrogen) atoms. The quantitative estimate of drug-likeness (QED) is 0.861. The lowest BCUT2D eigenvalue weighted by Crippen LogP contribution is -2.46. The van der Waals surface area contributed by atoms with E-state index in [-0.39, 0.29) is 5.91 Å². The number of carbonyl (C=O) groups is 1. The normalized spacial score (nSPS) is 19.9. The van der Waals surface area contributed by atoms with Crippen LogP contribution < -0.4 is 5.32 Å². The van der Waals surface area contributed by atoms with E-state index < -0.39 is 0 Å². The van der Waals surface area contributed by atoms with Gasteiger partial charge in [-0.05, 0) is 38.1 Å². The Kier molecular flexibility index (Phi) is 4.81. The number of nitrogens with one attached hydrogen (secondary N) is 1. The number of hydrogen-bond donors (Lipinski definition) is 1. The Labute approximate surface area is 124 Å². The number of benzene rings is 1. The molecule has 5 heteroatoms. The number of amides is 1. The number of likely N-dealkylation sites (N-methyl/N-ethyl adjacent to an activating group) is 1. The van der Waals surface area contributed by atoms with E-state index in [0.717, 1.165) is 40.4 Å². The fraction of sp³-hybridized carbons (Fsp3) is 0.462. The lowest BCUT2D eigenvalue weighted by molar-refractivity contribution is 0.0698. The molecule has 2 rings (SSSR count). The Morgan fingerprint density at radius 1 is 1.33 bits per heavy atom. The van der Waals surface area contributed by atoms with Crippen LogP contribution in [-0.4, -0.2) is 37.0 Å². The lowest BCUT2D eigenvalue weighted by Gasteiger charge is -2.32. The molecule has 0 bridgehead atoms.